The molecule has 1 atom stereocenters. The van der Waals surface area contributed by atoms with E-state index in [2.05, 4.69) is 6.58 Å². The van der Waals surface area contributed by atoms with Crippen LogP contribution < -0.4 is 5.73 Å². The van der Waals surface area contributed by atoms with Crippen LogP contribution in [0, 0.1) is 0 Å². The highest BCUT2D eigenvalue weighted by Gasteiger charge is 2.16. The highest BCUT2D eigenvalue weighted by atomic mass is 16.5. The highest BCUT2D eigenvalue weighted by Crippen LogP contribution is 2.10. The molecule has 0 saturated heterocycles. The SMILES string of the molecule is C=C/C=C(\C=C/C)C(C)N(O)C(N)=O.CC. The molecule has 0 rings (SSSR count). The molecule has 4 nitrogen and oxygen atoms in total. The van der Waals surface area contributed by atoms with Crippen molar-refractivity contribution in [2.24, 2.45) is 5.73 Å². The van der Waals surface area contributed by atoms with E-state index in [1.165, 1.54) is 0 Å². The van der Waals surface area contributed by atoms with Gasteiger partial charge in [-0.2, -0.15) is 5.06 Å². The van der Waals surface area contributed by atoms with E-state index in [4.69, 9.17) is 5.73 Å². The van der Waals surface area contributed by atoms with Crippen molar-refractivity contribution in [2.45, 2.75) is 33.7 Å². The maximum absolute atomic E-state index is 10.7. The molecule has 0 aliphatic carbocycles. The van der Waals surface area contributed by atoms with Crippen molar-refractivity contribution in [1.29, 1.82) is 0 Å². The number of allylic oxidation sites excluding steroid dienone is 3. The molecule has 0 aliphatic heterocycles. The Morgan fingerprint density at radius 2 is 2.00 bits per heavy atom. The summed E-state index contributed by atoms with van der Waals surface area (Å²) in [6.07, 6.45) is 6.87. The fourth-order valence-electron chi connectivity index (χ4n) is 0.995. The Balaban J connectivity index is 0. The lowest BCUT2D eigenvalue weighted by Crippen LogP contribution is -2.40. The Kier molecular flexibility index (Phi) is 10.5. The van der Waals surface area contributed by atoms with Crippen LogP contribution in [0.15, 0.2) is 36.5 Å². The molecule has 3 N–H and O–H groups in total. The van der Waals surface area contributed by atoms with Crippen molar-refractivity contribution in [3.8, 4) is 0 Å². The van der Waals surface area contributed by atoms with Gasteiger partial charge >= 0.3 is 6.03 Å². The number of nitrogens with two attached hydrogens (primary N) is 1. The second-order valence-electron chi connectivity index (χ2n) is 2.76. The van der Waals surface area contributed by atoms with Gasteiger partial charge in [-0.25, -0.2) is 4.79 Å². The smallest absolute Gasteiger partial charge is 0.339 e. The lowest BCUT2D eigenvalue weighted by molar-refractivity contribution is -0.0583. The number of rotatable bonds is 4. The summed E-state index contributed by atoms with van der Waals surface area (Å²) in [6.45, 7) is 11.1. The first kappa shape index (κ1) is 16.9. The Morgan fingerprint density at radius 1 is 1.50 bits per heavy atom. The summed E-state index contributed by atoms with van der Waals surface area (Å²) in [5.74, 6) is 0. The number of hydrogen-bond acceptors (Lipinski definition) is 2. The van der Waals surface area contributed by atoms with Gasteiger partial charge in [0.05, 0.1) is 6.04 Å². The number of carbonyl (C=O) groups is 1. The van der Waals surface area contributed by atoms with Crippen LogP contribution in [0.4, 0.5) is 4.79 Å². The standard InChI is InChI=1S/C10H16N2O2.C2H6/c1-4-6-9(7-5-2)8(3)12(14)10(11)13;1-2/h4-8,14H,1H2,2-3H3,(H2,11,13);1-2H3/b7-5-,9-6+;. The molecule has 0 bridgehead atoms. The van der Waals surface area contributed by atoms with Crippen molar-refractivity contribution < 1.29 is 10.0 Å². The minimum atomic E-state index is -0.878. The largest absolute Gasteiger partial charge is 0.350 e. The van der Waals surface area contributed by atoms with Crippen LogP contribution >= 0.6 is 0 Å². The third-order valence-electron chi connectivity index (χ3n) is 1.74. The third kappa shape index (κ3) is 6.03. The van der Waals surface area contributed by atoms with Gasteiger partial charge in [0.2, 0.25) is 0 Å². The van der Waals surface area contributed by atoms with E-state index < -0.39 is 12.1 Å². The molecule has 4 heteroatoms. The molecule has 92 valence electrons. The molecule has 0 saturated carbocycles. The van der Waals surface area contributed by atoms with Crippen LogP contribution in [0.1, 0.15) is 27.7 Å². The molecule has 0 aromatic carbocycles. The molecule has 16 heavy (non-hydrogen) atoms. The van der Waals surface area contributed by atoms with Gasteiger partial charge in [-0.3, -0.25) is 5.21 Å². The second-order valence-corrected chi connectivity index (χ2v) is 2.76. The quantitative estimate of drug-likeness (QED) is 0.439. The summed E-state index contributed by atoms with van der Waals surface area (Å²) in [7, 11) is 0. The van der Waals surface area contributed by atoms with E-state index >= 15 is 0 Å². The number of amides is 2. The minimum Gasteiger partial charge on any atom is -0.350 e. The van der Waals surface area contributed by atoms with Crippen molar-refractivity contribution in [3.05, 3.63) is 36.5 Å². The summed E-state index contributed by atoms with van der Waals surface area (Å²) in [5.41, 5.74) is 5.68. The van der Waals surface area contributed by atoms with Crippen LogP contribution in [-0.2, 0) is 0 Å². The van der Waals surface area contributed by atoms with Crippen LogP contribution in [-0.4, -0.2) is 22.3 Å². The van der Waals surface area contributed by atoms with E-state index in [1.807, 2.05) is 20.8 Å². The number of nitrogens with zero attached hydrogens (tertiary/aromatic N) is 1. The molecule has 0 aromatic heterocycles. The van der Waals surface area contributed by atoms with E-state index in [-0.39, 0.29) is 0 Å². The number of hydroxylamine groups is 2. The predicted molar refractivity (Wildman–Crippen MR) is 67.1 cm³/mol. The number of urea groups is 1. The van der Waals surface area contributed by atoms with Crippen LogP contribution in [0.25, 0.3) is 0 Å². The average molecular weight is 226 g/mol. The first-order chi connectivity index (χ1) is 7.54. The van der Waals surface area contributed by atoms with E-state index in [0.717, 1.165) is 5.57 Å². The third-order valence-corrected chi connectivity index (χ3v) is 1.74. The van der Waals surface area contributed by atoms with E-state index in [9.17, 15) is 10.0 Å². The molecule has 0 aliphatic rings. The van der Waals surface area contributed by atoms with Gasteiger partial charge in [0, 0.05) is 0 Å². The zero-order valence-corrected chi connectivity index (χ0v) is 10.5. The summed E-state index contributed by atoms with van der Waals surface area (Å²) in [6, 6.07) is -1.36. The molecule has 2 amide bonds. The first-order valence-corrected chi connectivity index (χ1v) is 5.27. The van der Waals surface area contributed by atoms with Gasteiger partial charge < -0.3 is 5.73 Å². The summed E-state index contributed by atoms with van der Waals surface area (Å²) < 4.78 is 0. The lowest BCUT2D eigenvalue weighted by atomic mass is 10.1. The van der Waals surface area contributed by atoms with Gasteiger partial charge in [-0.05, 0) is 19.4 Å². The first-order valence-electron chi connectivity index (χ1n) is 5.27. The molecule has 0 heterocycles. The second kappa shape index (κ2) is 9.98. The van der Waals surface area contributed by atoms with Crippen molar-refractivity contribution >= 4 is 6.03 Å². The van der Waals surface area contributed by atoms with Crippen LogP contribution in [0.5, 0.6) is 0 Å². The minimum absolute atomic E-state index is 0.481. The average Bonchev–Trinajstić information content (AvgIpc) is 2.29. The summed E-state index contributed by atoms with van der Waals surface area (Å²) in [4.78, 5) is 10.7. The van der Waals surface area contributed by atoms with Crippen molar-refractivity contribution in [1.82, 2.24) is 5.06 Å². The van der Waals surface area contributed by atoms with Gasteiger partial charge in [0.15, 0.2) is 0 Å². The maximum atomic E-state index is 10.7. The Hall–Kier alpha value is -1.55. The molecular formula is C12H22N2O2. The van der Waals surface area contributed by atoms with Crippen molar-refractivity contribution in [2.75, 3.05) is 0 Å². The Morgan fingerprint density at radius 3 is 2.31 bits per heavy atom. The van der Waals surface area contributed by atoms with Gasteiger partial charge in [0.25, 0.3) is 0 Å². The van der Waals surface area contributed by atoms with Crippen LogP contribution in [0.3, 0.4) is 0 Å². The Bertz CT molecular complexity index is 270. The zero-order chi connectivity index (χ0) is 13.1. The fraction of sp³-hybridized carbons (Fsp3) is 0.417. The molecule has 0 radical (unpaired) electrons. The molecule has 0 fully saturated rings. The lowest BCUT2D eigenvalue weighted by Gasteiger charge is -2.21. The highest BCUT2D eigenvalue weighted by molar-refractivity contribution is 5.71. The van der Waals surface area contributed by atoms with Crippen molar-refractivity contribution in [3.63, 3.8) is 0 Å². The fourth-order valence-corrected chi connectivity index (χ4v) is 0.995. The number of hydrogen-bond donors (Lipinski definition) is 2. The zero-order valence-electron chi connectivity index (χ0n) is 10.5. The normalized spacial score (nSPS) is 12.7. The topological polar surface area (TPSA) is 66.6 Å². The van der Waals surface area contributed by atoms with Crippen LogP contribution in [0.2, 0.25) is 0 Å². The number of carbonyl (C=O) groups excluding carboxylic acids is 1. The maximum Gasteiger partial charge on any atom is 0.339 e. The van der Waals surface area contributed by atoms with E-state index in [1.54, 1.807) is 31.2 Å². The van der Waals surface area contributed by atoms with Gasteiger partial charge in [-0.1, -0.05) is 44.7 Å². The predicted octanol–water partition coefficient (Wildman–Crippen LogP) is 2.86. The molecule has 0 spiro atoms. The molecule has 1 unspecified atom stereocenters. The number of primary amides is 1. The summed E-state index contributed by atoms with van der Waals surface area (Å²) >= 11 is 0. The Labute approximate surface area is 97.7 Å². The van der Waals surface area contributed by atoms with Gasteiger partial charge in [-0.15, -0.1) is 0 Å². The molecule has 0 aromatic rings. The monoisotopic (exact) mass is 226 g/mol. The summed E-state index contributed by atoms with van der Waals surface area (Å²) in [5, 5.41) is 9.75. The van der Waals surface area contributed by atoms with E-state index in [0.29, 0.717) is 5.06 Å². The van der Waals surface area contributed by atoms with Gasteiger partial charge in [0.1, 0.15) is 0 Å². The molecular weight excluding hydrogens is 204 g/mol.